The topological polar surface area (TPSA) is 95.8 Å². The number of quaternary nitrogens is 1. The standard InChI is InChI=1S/C25H23N5O2/c1-2-6-23(31)30-14-13-19(30)15-28-25-22(16-27-17-29-25)24(26)18-9-11-21(12-10-18)32-20-7-4-3-5-8-20/h3-5,7-12,16-17,19,26H,13-15H2,1H3,(H,27,28,29)/p+1/t19-/m0/s1. The fourth-order valence-corrected chi connectivity index (χ4v) is 3.54. The quantitative estimate of drug-likeness (QED) is 0.448. The summed E-state index contributed by atoms with van der Waals surface area (Å²) >= 11 is 0. The molecule has 1 amide bonds. The molecule has 0 bridgehead atoms. The van der Waals surface area contributed by atoms with Crippen molar-refractivity contribution in [2.45, 2.75) is 19.4 Å². The Labute approximate surface area is 187 Å². The number of ether oxygens (including phenoxy) is 1. The van der Waals surface area contributed by atoms with Crippen LogP contribution in [0.4, 0.5) is 5.82 Å². The fraction of sp³-hybridized carbons (Fsp3) is 0.200. The lowest BCUT2D eigenvalue weighted by molar-refractivity contribution is -0.582. The van der Waals surface area contributed by atoms with Crippen molar-refractivity contribution < 1.29 is 14.8 Å². The molecule has 1 saturated heterocycles. The van der Waals surface area contributed by atoms with Gasteiger partial charge in [0.15, 0.2) is 0 Å². The van der Waals surface area contributed by atoms with E-state index >= 15 is 0 Å². The number of hydrogen-bond donors (Lipinski definition) is 2. The van der Waals surface area contributed by atoms with Crippen molar-refractivity contribution in [3.05, 3.63) is 78.2 Å². The minimum Gasteiger partial charge on any atom is -0.457 e. The molecular weight excluding hydrogens is 402 g/mol. The maximum Gasteiger partial charge on any atom is 0.298 e. The third kappa shape index (κ3) is 4.82. The van der Waals surface area contributed by atoms with Gasteiger partial charge < -0.3 is 9.64 Å². The number of amides is 1. The Bertz CT molecular complexity index is 1170. The Morgan fingerprint density at radius 2 is 1.94 bits per heavy atom. The molecule has 7 heteroatoms. The van der Waals surface area contributed by atoms with Crippen LogP contribution in [0.3, 0.4) is 0 Å². The number of rotatable bonds is 7. The van der Waals surface area contributed by atoms with Crippen molar-refractivity contribution in [2.24, 2.45) is 0 Å². The van der Waals surface area contributed by atoms with E-state index in [2.05, 4.69) is 21.8 Å². The largest absolute Gasteiger partial charge is 0.457 e. The van der Waals surface area contributed by atoms with Crippen molar-refractivity contribution >= 4 is 17.4 Å². The lowest BCUT2D eigenvalue weighted by Crippen LogP contribution is -2.84. The second kappa shape index (κ2) is 9.86. The molecule has 1 aliphatic rings. The molecule has 0 unspecified atom stereocenters. The first-order chi connectivity index (χ1) is 15.7. The number of nitrogens with zero attached hydrogens (tertiary/aromatic N) is 3. The molecule has 0 spiro atoms. The first kappa shape index (κ1) is 21.2. The molecule has 3 N–H and O–H groups in total. The lowest BCUT2D eigenvalue weighted by atomic mass is 10.0. The van der Waals surface area contributed by atoms with Crippen LogP contribution in [0.2, 0.25) is 0 Å². The van der Waals surface area contributed by atoms with Gasteiger partial charge in [-0.25, -0.2) is 4.98 Å². The van der Waals surface area contributed by atoms with Gasteiger partial charge in [-0.15, -0.1) is 0 Å². The van der Waals surface area contributed by atoms with Gasteiger partial charge in [0.25, 0.3) is 5.91 Å². The van der Waals surface area contributed by atoms with Gasteiger partial charge in [-0.1, -0.05) is 24.1 Å². The number of carbonyl (C=O) groups is 1. The number of benzene rings is 2. The normalized spacial score (nSPS) is 14.7. The van der Waals surface area contributed by atoms with Gasteiger partial charge in [0.2, 0.25) is 5.82 Å². The predicted molar refractivity (Wildman–Crippen MR) is 121 cm³/mol. The van der Waals surface area contributed by atoms with Gasteiger partial charge in [0, 0.05) is 18.3 Å². The average molecular weight is 427 g/mol. The first-order valence-electron chi connectivity index (χ1n) is 10.4. The highest BCUT2D eigenvalue weighted by atomic mass is 16.5. The fourth-order valence-electron chi connectivity index (χ4n) is 3.54. The van der Waals surface area contributed by atoms with E-state index in [1.54, 1.807) is 18.0 Å². The highest BCUT2D eigenvalue weighted by Gasteiger charge is 2.33. The summed E-state index contributed by atoms with van der Waals surface area (Å²) in [6.07, 6.45) is 4.07. The Morgan fingerprint density at radius 3 is 2.62 bits per heavy atom. The van der Waals surface area contributed by atoms with Crippen LogP contribution < -0.4 is 10.1 Å². The van der Waals surface area contributed by atoms with Crippen LogP contribution >= 0.6 is 0 Å². The molecule has 7 nitrogen and oxygen atoms in total. The van der Waals surface area contributed by atoms with Crippen molar-refractivity contribution in [2.75, 3.05) is 13.1 Å². The maximum atomic E-state index is 12.0. The van der Waals surface area contributed by atoms with Crippen LogP contribution in [0.15, 0.2) is 67.1 Å². The molecule has 0 radical (unpaired) electrons. The number of nitrogens with two attached hydrogens (primary N) is 1. The summed E-state index contributed by atoms with van der Waals surface area (Å²) in [4.78, 5) is 22.3. The summed E-state index contributed by atoms with van der Waals surface area (Å²) in [6.45, 7) is 3.06. The molecule has 2 aromatic carbocycles. The predicted octanol–water partition coefficient (Wildman–Crippen LogP) is 2.50. The van der Waals surface area contributed by atoms with Crippen molar-refractivity contribution in [3.8, 4) is 23.3 Å². The monoisotopic (exact) mass is 426 g/mol. The summed E-state index contributed by atoms with van der Waals surface area (Å²) in [6, 6.07) is 17.1. The molecule has 1 fully saturated rings. The Morgan fingerprint density at radius 1 is 1.19 bits per heavy atom. The van der Waals surface area contributed by atoms with Crippen molar-refractivity contribution in [1.82, 2.24) is 14.9 Å². The molecule has 1 aliphatic heterocycles. The summed E-state index contributed by atoms with van der Waals surface area (Å²) in [7, 11) is 0. The van der Waals surface area contributed by atoms with Crippen LogP contribution in [0.5, 0.6) is 11.5 Å². The molecule has 160 valence electrons. The van der Waals surface area contributed by atoms with Crippen LogP contribution in [0.25, 0.3) is 0 Å². The Kier molecular flexibility index (Phi) is 6.54. The molecule has 0 aliphatic carbocycles. The number of para-hydroxylation sites is 1. The number of aromatic nitrogens is 2. The van der Waals surface area contributed by atoms with E-state index in [1.165, 1.54) is 6.33 Å². The van der Waals surface area contributed by atoms with Crippen LogP contribution in [0.1, 0.15) is 24.5 Å². The van der Waals surface area contributed by atoms with E-state index in [0.717, 1.165) is 24.3 Å². The lowest BCUT2D eigenvalue weighted by Gasteiger charge is -2.38. The second-order valence-electron chi connectivity index (χ2n) is 7.39. The van der Waals surface area contributed by atoms with Gasteiger partial charge in [-0.2, -0.15) is 4.98 Å². The van der Waals surface area contributed by atoms with Crippen LogP contribution in [-0.2, 0) is 4.79 Å². The molecule has 2 heterocycles. The zero-order valence-electron chi connectivity index (χ0n) is 17.8. The van der Waals surface area contributed by atoms with E-state index in [-0.39, 0.29) is 11.9 Å². The molecule has 32 heavy (non-hydrogen) atoms. The van der Waals surface area contributed by atoms with E-state index in [9.17, 15) is 4.79 Å². The molecule has 1 aromatic heterocycles. The summed E-state index contributed by atoms with van der Waals surface area (Å²) < 4.78 is 5.83. The third-order valence-electron chi connectivity index (χ3n) is 5.35. The number of nitrogens with one attached hydrogen (secondary N) is 1. The zero-order chi connectivity index (χ0) is 22.3. The first-order valence-corrected chi connectivity index (χ1v) is 10.4. The van der Waals surface area contributed by atoms with Crippen LogP contribution in [-0.4, -0.2) is 45.6 Å². The zero-order valence-corrected chi connectivity index (χ0v) is 17.8. The Balaban J connectivity index is 1.43. The van der Waals surface area contributed by atoms with Crippen molar-refractivity contribution in [1.29, 1.82) is 5.41 Å². The SMILES string of the molecule is CC#CC(=O)N1CC[C@H]1C[NH2+]c1ncncc1C(=N)c1ccc(Oc2ccccc2)cc1. The average Bonchev–Trinajstić information content (AvgIpc) is 2.80. The number of hydrogen-bond acceptors (Lipinski definition) is 5. The van der Waals surface area contributed by atoms with E-state index in [0.29, 0.717) is 29.4 Å². The third-order valence-corrected chi connectivity index (χ3v) is 5.35. The van der Waals surface area contributed by atoms with Gasteiger partial charge in [-0.05, 0) is 55.7 Å². The maximum absolute atomic E-state index is 12.0. The number of carbonyl (C=O) groups excluding carboxylic acids is 1. The minimum absolute atomic E-state index is 0.120. The van der Waals surface area contributed by atoms with Crippen LogP contribution in [0, 0.1) is 17.3 Å². The summed E-state index contributed by atoms with van der Waals surface area (Å²) in [5, 5.41) is 10.7. The van der Waals surface area contributed by atoms with E-state index < -0.39 is 0 Å². The highest BCUT2D eigenvalue weighted by molar-refractivity contribution is 6.12. The smallest absolute Gasteiger partial charge is 0.298 e. The molecule has 4 rings (SSSR count). The Hall–Kier alpha value is -4.02. The summed E-state index contributed by atoms with van der Waals surface area (Å²) in [5.41, 5.74) is 1.73. The molecule has 0 saturated carbocycles. The number of likely N-dealkylation sites (tertiary alicyclic amines) is 1. The second-order valence-corrected chi connectivity index (χ2v) is 7.39. The molecule has 3 aromatic rings. The molecular formula is C25H24N5O2+. The molecule has 1 atom stereocenters. The highest BCUT2D eigenvalue weighted by Crippen LogP contribution is 2.22. The van der Waals surface area contributed by atoms with Gasteiger partial charge in [0.05, 0.1) is 17.3 Å². The van der Waals surface area contributed by atoms with Gasteiger partial charge in [0.1, 0.15) is 24.4 Å². The van der Waals surface area contributed by atoms with Gasteiger partial charge in [-0.3, -0.25) is 15.5 Å². The van der Waals surface area contributed by atoms with Crippen molar-refractivity contribution in [3.63, 3.8) is 0 Å². The minimum atomic E-state index is -0.134. The van der Waals surface area contributed by atoms with E-state index in [1.807, 2.05) is 59.9 Å². The van der Waals surface area contributed by atoms with Gasteiger partial charge >= 0.3 is 0 Å². The summed E-state index contributed by atoms with van der Waals surface area (Å²) in [5.74, 6) is 7.28. The van der Waals surface area contributed by atoms with E-state index in [4.69, 9.17) is 10.1 Å².